The molecule has 3 N–H and O–H groups in total. The molecule has 0 aliphatic carbocycles. The van der Waals surface area contributed by atoms with E-state index in [0.717, 1.165) is 13.1 Å². The molecule has 62 valence electrons. The fourth-order valence-electron chi connectivity index (χ4n) is 0.904. The van der Waals surface area contributed by atoms with Crippen LogP contribution in [0.25, 0.3) is 0 Å². The van der Waals surface area contributed by atoms with Crippen molar-refractivity contribution < 1.29 is 4.79 Å². The summed E-state index contributed by atoms with van der Waals surface area (Å²) in [5, 5.41) is 0. The number of hydrogen-bond acceptors (Lipinski definition) is 4. The number of hydrazine groups is 1. The molecule has 1 heterocycles. The molecule has 0 fully saturated rings. The average molecular weight is 156 g/mol. The minimum absolute atomic E-state index is 0.134. The van der Waals surface area contributed by atoms with Crippen LogP contribution in [0, 0.1) is 0 Å². The Morgan fingerprint density at radius 2 is 2.64 bits per heavy atom. The molecule has 0 saturated carbocycles. The molecule has 1 rings (SSSR count). The Hall–Kier alpha value is -1.10. The van der Waals surface area contributed by atoms with E-state index < -0.39 is 0 Å². The van der Waals surface area contributed by atoms with Gasteiger partial charge in [0.05, 0.1) is 12.9 Å². The minimum atomic E-state index is -0.134. The Labute approximate surface area is 65.2 Å². The topological polar surface area (TPSA) is 70.7 Å². The molecule has 5 heteroatoms. The van der Waals surface area contributed by atoms with Crippen molar-refractivity contribution >= 4 is 12.2 Å². The third-order valence-corrected chi connectivity index (χ3v) is 1.55. The van der Waals surface area contributed by atoms with Gasteiger partial charge in [0.1, 0.15) is 0 Å². The van der Waals surface area contributed by atoms with Gasteiger partial charge < -0.3 is 4.90 Å². The highest BCUT2D eigenvalue weighted by Gasteiger charge is 2.06. The predicted molar refractivity (Wildman–Crippen MR) is 41.9 cm³/mol. The molecule has 0 aromatic heterocycles. The van der Waals surface area contributed by atoms with E-state index in [4.69, 9.17) is 5.84 Å². The summed E-state index contributed by atoms with van der Waals surface area (Å²) < 4.78 is 0. The Morgan fingerprint density at radius 3 is 3.18 bits per heavy atom. The summed E-state index contributed by atoms with van der Waals surface area (Å²) in [7, 11) is 0. The second kappa shape index (κ2) is 3.92. The van der Waals surface area contributed by atoms with Crippen molar-refractivity contribution in [3.8, 4) is 0 Å². The number of nitrogens with one attached hydrogen (secondary N) is 1. The second-order valence-electron chi connectivity index (χ2n) is 2.38. The van der Waals surface area contributed by atoms with E-state index in [9.17, 15) is 4.79 Å². The number of amides is 1. The molecule has 0 spiro atoms. The molecule has 0 atom stereocenters. The zero-order valence-electron chi connectivity index (χ0n) is 6.29. The molecule has 0 radical (unpaired) electrons. The molecule has 0 unspecified atom stereocenters. The maximum absolute atomic E-state index is 10.7. The van der Waals surface area contributed by atoms with Crippen LogP contribution in [0.5, 0.6) is 0 Å². The quantitative estimate of drug-likeness (QED) is 0.303. The van der Waals surface area contributed by atoms with Crippen LogP contribution in [0.15, 0.2) is 4.99 Å². The summed E-state index contributed by atoms with van der Waals surface area (Å²) in [5.74, 6) is 4.77. The van der Waals surface area contributed by atoms with E-state index in [1.54, 1.807) is 6.34 Å². The van der Waals surface area contributed by atoms with Crippen LogP contribution in [0.2, 0.25) is 0 Å². The fourth-order valence-corrected chi connectivity index (χ4v) is 0.904. The molecular formula is C6H12N4O. The monoisotopic (exact) mass is 156 g/mol. The molecule has 1 aliphatic heterocycles. The Kier molecular flexibility index (Phi) is 2.85. The van der Waals surface area contributed by atoms with Crippen molar-refractivity contribution in [3.63, 3.8) is 0 Å². The number of aliphatic imine (C=N–C) groups is 1. The van der Waals surface area contributed by atoms with E-state index in [1.807, 2.05) is 4.90 Å². The van der Waals surface area contributed by atoms with Gasteiger partial charge in [-0.05, 0) is 0 Å². The van der Waals surface area contributed by atoms with E-state index in [0.29, 0.717) is 13.0 Å². The first-order valence-electron chi connectivity index (χ1n) is 3.56. The number of hydrogen-bond donors (Lipinski definition) is 2. The summed E-state index contributed by atoms with van der Waals surface area (Å²) in [6, 6.07) is 0. The predicted octanol–water partition coefficient (Wildman–Crippen LogP) is -1.29. The first-order chi connectivity index (χ1) is 5.33. The molecule has 1 aliphatic rings. The van der Waals surface area contributed by atoms with E-state index >= 15 is 0 Å². The lowest BCUT2D eigenvalue weighted by molar-refractivity contribution is -0.121. The van der Waals surface area contributed by atoms with E-state index in [2.05, 4.69) is 10.4 Å². The summed E-state index contributed by atoms with van der Waals surface area (Å²) in [4.78, 5) is 16.7. The van der Waals surface area contributed by atoms with Gasteiger partial charge in [-0.3, -0.25) is 15.2 Å². The summed E-state index contributed by atoms with van der Waals surface area (Å²) in [6.45, 7) is 2.45. The van der Waals surface area contributed by atoms with Gasteiger partial charge in [-0.25, -0.2) is 5.84 Å². The number of nitrogens with zero attached hydrogens (tertiary/aromatic N) is 2. The molecular weight excluding hydrogens is 144 g/mol. The Morgan fingerprint density at radius 1 is 1.82 bits per heavy atom. The highest BCUT2D eigenvalue weighted by atomic mass is 16.2. The lowest BCUT2D eigenvalue weighted by atomic mass is 10.4. The van der Waals surface area contributed by atoms with Gasteiger partial charge >= 0.3 is 0 Å². The average Bonchev–Trinajstić information content (AvgIpc) is 2.52. The standard InChI is InChI=1S/C6H12N4O/c7-9-6(11)1-3-10-4-2-8-5-10/h5H,1-4,7H2,(H,9,11). The molecule has 0 bridgehead atoms. The maximum Gasteiger partial charge on any atom is 0.235 e. The molecule has 0 aromatic rings. The highest BCUT2D eigenvalue weighted by Crippen LogP contribution is 1.94. The largest absolute Gasteiger partial charge is 0.361 e. The first-order valence-corrected chi connectivity index (χ1v) is 3.56. The zero-order valence-corrected chi connectivity index (χ0v) is 6.29. The third kappa shape index (κ3) is 2.55. The number of carbonyl (C=O) groups excluding carboxylic acids is 1. The van der Waals surface area contributed by atoms with Gasteiger partial charge in [0.15, 0.2) is 0 Å². The summed E-state index contributed by atoms with van der Waals surface area (Å²) in [5.41, 5.74) is 2.08. The van der Waals surface area contributed by atoms with Crippen LogP contribution in [-0.4, -0.2) is 36.8 Å². The normalized spacial score (nSPS) is 15.5. The van der Waals surface area contributed by atoms with E-state index in [-0.39, 0.29) is 5.91 Å². The van der Waals surface area contributed by atoms with Crippen LogP contribution in [0.4, 0.5) is 0 Å². The van der Waals surface area contributed by atoms with Crippen LogP contribution < -0.4 is 11.3 Å². The number of rotatable bonds is 3. The number of carbonyl (C=O) groups is 1. The Bertz CT molecular complexity index is 168. The van der Waals surface area contributed by atoms with Crippen molar-refractivity contribution in [2.24, 2.45) is 10.8 Å². The van der Waals surface area contributed by atoms with Gasteiger partial charge in [0, 0.05) is 19.5 Å². The van der Waals surface area contributed by atoms with Gasteiger partial charge in [-0.2, -0.15) is 0 Å². The SMILES string of the molecule is NNC(=O)CCN1C=NCC1. The van der Waals surface area contributed by atoms with Crippen LogP contribution >= 0.6 is 0 Å². The van der Waals surface area contributed by atoms with Crippen LogP contribution in [0.3, 0.4) is 0 Å². The summed E-state index contributed by atoms with van der Waals surface area (Å²) >= 11 is 0. The van der Waals surface area contributed by atoms with E-state index in [1.165, 1.54) is 0 Å². The molecule has 0 aromatic carbocycles. The molecule has 5 nitrogen and oxygen atoms in total. The van der Waals surface area contributed by atoms with Crippen molar-refractivity contribution in [1.82, 2.24) is 10.3 Å². The molecule has 11 heavy (non-hydrogen) atoms. The number of nitrogens with two attached hydrogens (primary N) is 1. The van der Waals surface area contributed by atoms with Gasteiger partial charge in [0.25, 0.3) is 0 Å². The highest BCUT2D eigenvalue weighted by molar-refractivity contribution is 5.75. The smallest absolute Gasteiger partial charge is 0.235 e. The zero-order chi connectivity index (χ0) is 8.10. The van der Waals surface area contributed by atoms with Crippen molar-refractivity contribution in [1.29, 1.82) is 0 Å². The fraction of sp³-hybridized carbons (Fsp3) is 0.667. The second-order valence-corrected chi connectivity index (χ2v) is 2.38. The van der Waals surface area contributed by atoms with Gasteiger partial charge in [-0.15, -0.1) is 0 Å². The van der Waals surface area contributed by atoms with Crippen molar-refractivity contribution in [3.05, 3.63) is 0 Å². The van der Waals surface area contributed by atoms with Crippen molar-refractivity contribution in [2.45, 2.75) is 6.42 Å². The Balaban J connectivity index is 2.11. The summed E-state index contributed by atoms with van der Waals surface area (Å²) in [6.07, 6.45) is 2.20. The van der Waals surface area contributed by atoms with Crippen LogP contribution in [0.1, 0.15) is 6.42 Å². The van der Waals surface area contributed by atoms with Crippen molar-refractivity contribution in [2.75, 3.05) is 19.6 Å². The minimum Gasteiger partial charge on any atom is -0.361 e. The lowest BCUT2D eigenvalue weighted by Gasteiger charge is -2.11. The molecule has 0 saturated heterocycles. The third-order valence-electron chi connectivity index (χ3n) is 1.55. The molecule has 1 amide bonds. The lowest BCUT2D eigenvalue weighted by Crippen LogP contribution is -2.33. The van der Waals surface area contributed by atoms with Crippen LogP contribution in [-0.2, 0) is 4.79 Å². The first kappa shape index (κ1) is 8.00. The van der Waals surface area contributed by atoms with Gasteiger partial charge in [-0.1, -0.05) is 0 Å². The maximum atomic E-state index is 10.7. The van der Waals surface area contributed by atoms with Gasteiger partial charge in [0.2, 0.25) is 5.91 Å².